The van der Waals surface area contributed by atoms with Gasteiger partial charge in [0.25, 0.3) is 0 Å². The zero-order valence-electron chi connectivity index (χ0n) is 26.5. The summed E-state index contributed by atoms with van der Waals surface area (Å²) in [6.07, 6.45) is 0.708. The highest BCUT2D eigenvalue weighted by molar-refractivity contribution is 5.95. The van der Waals surface area contributed by atoms with E-state index in [0.717, 1.165) is 16.7 Å². The van der Waals surface area contributed by atoms with E-state index in [9.17, 15) is 19.2 Å². The van der Waals surface area contributed by atoms with Gasteiger partial charge in [-0.15, -0.1) is 0 Å². The van der Waals surface area contributed by atoms with Gasteiger partial charge in [-0.3, -0.25) is 9.59 Å². The van der Waals surface area contributed by atoms with E-state index in [1.54, 1.807) is 27.7 Å². The van der Waals surface area contributed by atoms with E-state index in [0.29, 0.717) is 19.4 Å². The van der Waals surface area contributed by atoms with Gasteiger partial charge >= 0.3 is 12.1 Å². The first-order valence-electron chi connectivity index (χ1n) is 15.3. The van der Waals surface area contributed by atoms with Gasteiger partial charge in [-0.1, -0.05) is 91.0 Å². The number of hydrogen-bond donors (Lipinski definition) is 2. The molecule has 3 amide bonds. The number of ether oxygens (including phenoxy) is 2. The molecule has 1 aliphatic heterocycles. The van der Waals surface area contributed by atoms with Crippen LogP contribution in [0.15, 0.2) is 91.0 Å². The lowest BCUT2D eigenvalue weighted by molar-refractivity contribution is -0.155. The first kappa shape index (κ1) is 33.2. The van der Waals surface area contributed by atoms with Crippen molar-refractivity contribution in [3.05, 3.63) is 108 Å². The van der Waals surface area contributed by atoms with E-state index < -0.39 is 41.2 Å². The summed E-state index contributed by atoms with van der Waals surface area (Å²) in [5.41, 5.74) is 0.269. The molecule has 238 valence electrons. The quantitative estimate of drug-likeness (QED) is 0.295. The van der Waals surface area contributed by atoms with Crippen LogP contribution in [-0.4, -0.2) is 58.5 Å². The van der Waals surface area contributed by atoms with E-state index in [-0.39, 0.29) is 25.4 Å². The van der Waals surface area contributed by atoms with E-state index in [1.165, 1.54) is 4.90 Å². The lowest BCUT2D eigenvalue weighted by Crippen LogP contribution is -2.62. The number of hydrogen-bond acceptors (Lipinski definition) is 6. The molecule has 0 aliphatic carbocycles. The van der Waals surface area contributed by atoms with Crippen molar-refractivity contribution >= 4 is 23.9 Å². The maximum atomic E-state index is 14.2. The summed E-state index contributed by atoms with van der Waals surface area (Å²) in [5, 5.41) is 5.70. The van der Waals surface area contributed by atoms with Gasteiger partial charge in [-0.05, 0) is 57.2 Å². The van der Waals surface area contributed by atoms with Gasteiger partial charge in [0.05, 0.1) is 0 Å². The molecule has 1 unspecified atom stereocenters. The Labute approximate surface area is 265 Å². The smallest absolute Gasteiger partial charge is 0.408 e. The minimum Gasteiger partial charge on any atom is -0.459 e. The zero-order chi connectivity index (χ0) is 32.5. The number of nitrogens with one attached hydrogen (secondary N) is 2. The van der Waals surface area contributed by atoms with Gasteiger partial charge in [0, 0.05) is 19.4 Å². The van der Waals surface area contributed by atoms with Crippen molar-refractivity contribution in [2.75, 3.05) is 6.54 Å². The molecule has 3 atom stereocenters. The lowest BCUT2D eigenvalue weighted by atomic mass is 9.91. The first-order valence-corrected chi connectivity index (χ1v) is 15.3. The molecule has 0 bridgehead atoms. The van der Waals surface area contributed by atoms with Gasteiger partial charge in [-0.25, -0.2) is 9.59 Å². The predicted octanol–water partition coefficient (Wildman–Crippen LogP) is 4.97. The van der Waals surface area contributed by atoms with Crippen molar-refractivity contribution in [1.82, 2.24) is 15.5 Å². The summed E-state index contributed by atoms with van der Waals surface area (Å²) in [5.74, 6) is -1.41. The van der Waals surface area contributed by atoms with Gasteiger partial charge in [0.2, 0.25) is 11.8 Å². The Balaban J connectivity index is 1.57. The average molecular weight is 614 g/mol. The number of amides is 3. The Kier molecular flexibility index (Phi) is 11.0. The van der Waals surface area contributed by atoms with Crippen LogP contribution in [0.1, 0.15) is 57.2 Å². The number of alkyl carbamates (subject to hydrolysis) is 1. The number of benzene rings is 3. The summed E-state index contributed by atoms with van der Waals surface area (Å²) >= 11 is 0. The molecule has 1 saturated heterocycles. The molecule has 0 spiro atoms. The number of rotatable bonds is 11. The van der Waals surface area contributed by atoms with Crippen LogP contribution in [0.3, 0.4) is 0 Å². The van der Waals surface area contributed by atoms with E-state index in [1.807, 2.05) is 91.0 Å². The molecule has 4 rings (SSSR count). The highest BCUT2D eigenvalue weighted by atomic mass is 16.6. The van der Waals surface area contributed by atoms with Crippen molar-refractivity contribution in [2.24, 2.45) is 0 Å². The molecule has 3 aromatic carbocycles. The van der Waals surface area contributed by atoms with Crippen molar-refractivity contribution in [2.45, 2.75) is 83.2 Å². The summed E-state index contributed by atoms with van der Waals surface area (Å²) < 4.78 is 11.1. The van der Waals surface area contributed by atoms with E-state index in [2.05, 4.69) is 10.6 Å². The largest absolute Gasteiger partial charge is 0.459 e. The molecular weight excluding hydrogens is 570 g/mol. The second kappa shape index (κ2) is 14.9. The summed E-state index contributed by atoms with van der Waals surface area (Å²) in [6, 6.07) is 26.3. The maximum absolute atomic E-state index is 14.2. The molecule has 9 nitrogen and oxygen atoms in total. The molecular formula is C36H43N3O6. The Bertz CT molecular complexity index is 1440. The second-order valence-corrected chi connectivity index (χ2v) is 12.6. The van der Waals surface area contributed by atoms with Gasteiger partial charge in [0.15, 0.2) is 0 Å². The summed E-state index contributed by atoms with van der Waals surface area (Å²) in [4.78, 5) is 55.9. The molecule has 2 N–H and O–H groups in total. The van der Waals surface area contributed by atoms with Crippen LogP contribution >= 0.6 is 0 Å². The molecule has 0 radical (unpaired) electrons. The molecule has 1 aliphatic rings. The Morgan fingerprint density at radius 1 is 0.822 bits per heavy atom. The van der Waals surface area contributed by atoms with Gasteiger partial charge in [0.1, 0.15) is 29.8 Å². The Morgan fingerprint density at radius 3 is 1.96 bits per heavy atom. The molecule has 1 fully saturated rings. The van der Waals surface area contributed by atoms with Crippen LogP contribution in [0, 0.1) is 0 Å². The molecule has 0 saturated carbocycles. The van der Waals surface area contributed by atoms with Crippen molar-refractivity contribution in [3.8, 4) is 0 Å². The van der Waals surface area contributed by atoms with Crippen molar-refractivity contribution in [3.63, 3.8) is 0 Å². The predicted molar refractivity (Wildman–Crippen MR) is 171 cm³/mol. The van der Waals surface area contributed by atoms with Gasteiger partial charge in [-0.2, -0.15) is 0 Å². The average Bonchev–Trinajstić information content (AvgIpc) is 3.50. The third-order valence-electron chi connectivity index (χ3n) is 7.60. The lowest BCUT2D eigenvalue weighted by Gasteiger charge is -2.34. The van der Waals surface area contributed by atoms with Crippen LogP contribution in [-0.2, 0) is 43.3 Å². The fraction of sp³-hybridized carbons (Fsp3) is 0.389. The molecule has 3 aromatic rings. The van der Waals surface area contributed by atoms with E-state index >= 15 is 0 Å². The first-order chi connectivity index (χ1) is 21.4. The third-order valence-corrected chi connectivity index (χ3v) is 7.60. The minimum atomic E-state index is -1.46. The zero-order valence-corrected chi connectivity index (χ0v) is 26.5. The molecule has 9 heteroatoms. The number of likely N-dealkylation sites (tertiary alicyclic amines) is 1. The Hall–Kier alpha value is -4.66. The highest BCUT2D eigenvalue weighted by Gasteiger charge is 2.42. The van der Waals surface area contributed by atoms with Crippen LogP contribution < -0.4 is 10.6 Å². The molecule has 1 heterocycles. The van der Waals surface area contributed by atoms with Gasteiger partial charge < -0.3 is 25.0 Å². The second-order valence-electron chi connectivity index (χ2n) is 12.6. The summed E-state index contributed by atoms with van der Waals surface area (Å²) in [6.45, 7) is 7.31. The monoisotopic (exact) mass is 613 g/mol. The number of carbonyl (C=O) groups excluding carboxylic acids is 4. The van der Waals surface area contributed by atoms with Crippen LogP contribution in [0.4, 0.5) is 4.79 Å². The number of carbonyl (C=O) groups is 4. The molecule has 0 aromatic heterocycles. The highest BCUT2D eigenvalue weighted by Crippen LogP contribution is 2.23. The normalized spacial score (nSPS) is 16.6. The van der Waals surface area contributed by atoms with Crippen LogP contribution in [0.5, 0.6) is 0 Å². The number of esters is 1. The Morgan fingerprint density at radius 2 is 1.38 bits per heavy atom. The SMILES string of the molecule is CC(C)(C)OC(=O)N[C@](C)(Cc1ccccc1)C(=O)NC(Cc1ccccc1)C(=O)N1CCC[C@@H]1C(=O)OCc1ccccc1. The maximum Gasteiger partial charge on any atom is 0.408 e. The molecule has 45 heavy (non-hydrogen) atoms. The third kappa shape index (κ3) is 9.66. The number of nitrogens with zero attached hydrogens (tertiary/aromatic N) is 1. The fourth-order valence-corrected chi connectivity index (χ4v) is 5.38. The van der Waals surface area contributed by atoms with E-state index in [4.69, 9.17) is 9.47 Å². The fourth-order valence-electron chi connectivity index (χ4n) is 5.38. The van der Waals surface area contributed by atoms with Crippen LogP contribution in [0.25, 0.3) is 0 Å². The van der Waals surface area contributed by atoms with Crippen molar-refractivity contribution < 1.29 is 28.7 Å². The standard InChI is InChI=1S/C36H43N3O6/c1-35(2,3)45-34(43)38-36(4,24-27-17-10-6-11-18-27)33(42)37-29(23-26-15-8-5-9-16-26)31(40)39-22-14-21-30(39)32(41)44-25-28-19-12-7-13-20-28/h5-13,15-20,29-30H,14,21-25H2,1-4H3,(H,37,42)(H,38,43)/t29?,30-,36-/m1/s1. The van der Waals surface area contributed by atoms with Crippen molar-refractivity contribution in [1.29, 1.82) is 0 Å². The minimum absolute atomic E-state index is 0.108. The van der Waals surface area contributed by atoms with Crippen LogP contribution in [0.2, 0.25) is 0 Å². The topological polar surface area (TPSA) is 114 Å². The summed E-state index contributed by atoms with van der Waals surface area (Å²) in [7, 11) is 0.